The monoisotopic (exact) mass is 662 g/mol. The Morgan fingerprint density at radius 1 is 0.532 bits per heavy atom. The van der Waals surface area contributed by atoms with Crippen molar-refractivity contribution in [3.8, 4) is 0 Å². The molecule has 4 heteroatoms. The van der Waals surface area contributed by atoms with Gasteiger partial charge in [-0.2, -0.15) is 0 Å². The van der Waals surface area contributed by atoms with Crippen LogP contribution in [0.5, 0.6) is 0 Å². The Hall–Kier alpha value is -1.13. The van der Waals surface area contributed by atoms with Crippen molar-refractivity contribution in [2.24, 2.45) is 5.92 Å². The molecule has 0 aromatic carbocycles. The van der Waals surface area contributed by atoms with Crippen molar-refractivity contribution >= 4 is 5.97 Å². The predicted molar refractivity (Wildman–Crippen MR) is 207 cm³/mol. The first-order valence-electron chi connectivity index (χ1n) is 21.0. The Morgan fingerprint density at radius 2 is 0.957 bits per heavy atom. The lowest BCUT2D eigenvalue weighted by atomic mass is 9.94. The zero-order chi connectivity index (χ0) is 34.3. The molecule has 4 nitrogen and oxygen atoms in total. The van der Waals surface area contributed by atoms with Crippen LogP contribution in [-0.4, -0.2) is 48.8 Å². The minimum Gasteiger partial charge on any atom is -0.465 e. The van der Waals surface area contributed by atoms with Crippen molar-refractivity contribution in [1.29, 1.82) is 0 Å². The van der Waals surface area contributed by atoms with Crippen molar-refractivity contribution in [2.45, 2.75) is 207 Å². The Kier molecular flexibility index (Phi) is 38.4. The molecule has 1 atom stereocenters. The topological polar surface area (TPSA) is 49.8 Å². The molecule has 0 bridgehead atoms. The first-order chi connectivity index (χ1) is 23.2. The number of rotatable bonds is 38. The molecule has 0 aliphatic carbocycles. The van der Waals surface area contributed by atoms with E-state index in [1.54, 1.807) is 0 Å². The summed E-state index contributed by atoms with van der Waals surface area (Å²) in [5.74, 6) is 0.173. The maximum absolute atomic E-state index is 12.9. The van der Waals surface area contributed by atoms with Gasteiger partial charge in [0.15, 0.2) is 0 Å². The number of ether oxygens (including phenoxy) is 1. The molecule has 0 rings (SSSR count). The molecule has 1 unspecified atom stereocenters. The molecular weight excluding hydrogens is 578 g/mol. The van der Waals surface area contributed by atoms with Gasteiger partial charge in [-0.15, -0.1) is 0 Å². The van der Waals surface area contributed by atoms with Crippen LogP contribution in [0.15, 0.2) is 24.3 Å². The predicted octanol–water partition coefficient (Wildman–Crippen LogP) is 12.9. The summed E-state index contributed by atoms with van der Waals surface area (Å²) < 4.78 is 5.82. The molecule has 0 aliphatic rings. The Morgan fingerprint density at radius 3 is 1.53 bits per heavy atom. The fraction of sp³-hybridized carbons (Fsp3) is 0.884. The molecule has 0 aliphatic heterocycles. The van der Waals surface area contributed by atoms with E-state index < -0.39 is 0 Å². The second kappa shape index (κ2) is 39.3. The number of unbranched alkanes of at least 4 members (excludes halogenated alkanes) is 20. The van der Waals surface area contributed by atoms with Gasteiger partial charge >= 0.3 is 5.97 Å². The van der Waals surface area contributed by atoms with Gasteiger partial charge in [0.25, 0.3) is 0 Å². The number of allylic oxidation sites excluding steroid dienone is 4. The number of aliphatic hydroxyl groups is 1. The zero-order valence-electron chi connectivity index (χ0n) is 32.1. The van der Waals surface area contributed by atoms with Gasteiger partial charge in [-0.25, -0.2) is 0 Å². The van der Waals surface area contributed by atoms with Gasteiger partial charge in [0.2, 0.25) is 0 Å². The minimum absolute atomic E-state index is 0.0677. The molecule has 0 amide bonds. The summed E-state index contributed by atoms with van der Waals surface area (Å²) in [5, 5.41) is 9.26. The summed E-state index contributed by atoms with van der Waals surface area (Å²) in [6, 6.07) is 0. The van der Waals surface area contributed by atoms with Gasteiger partial charge in [-0.1, -0.05) is 148 Å². The molecule has 0 aromatic rings. The standard InChI is InChI=1S/C43H83NO3/c1-4-7-10-13-15-16-17-18-19-20-21-22-23-24-26-30-37-44(39-32-33-40-45)38-31-27-34-41-47-43(46)42(35-28-12-9-6-3)36-29-25-14-11-8-5-2/h15-16,18-19,42,45H,4-14,17,20-41H2,1-3H3/b16-15-,19-18-. The van der Waals surface area contributed by atoms with Gasteiger partial charge < -0.3 is 14.7 Å². The lowest BCUT2D eigenvalue weighted by Crippen LogP contribution is -2.27. The first-order valence-corrected chi connectivity index (χ1v) is 21.0. The highest BCUT2D eigenvalue weighted by Crippen LogP contribution is 2.21. The fourth-order valence-corrected chi connectivity index (χ4v) is 6.38. The Bertz CT molecular complexity index is 676. The van der Waals surface area contributed by atoms with E-state index in [9.17, 15) is 9.90 Å². The van der Waals surface area contributed by atoms with Crippen LogP contribution in [0.3, 0.4) is 0 Å². The molecule has 0 radical (unpaired) electrons. The largest absolute Gasteiger partial charge is 0.465 e. The minimum atomic E-state index is 0.0677. The second-order valence-electron chi connectivity index (χ2n) is 14.2. The van der Waals surface area contributed by atoms with Crippen LogP contribution in [0.2, 0.25) is 0 Å². The van der Waals surface area contributed by atoms with E-state index in [0.29, 0.717) is 13.2 Å². The van der Waals surface area contributed by atoms with Crippen LogP contribution in [0, 0.1) is 5.92 Å². The van der Waals surface area contributed by atoms with E-state index in [-0.39, 0.29) is 11.9 Å². The van der Waals surface area contributed by atoms with Gasteiger partial charge in [0, 0.05) is 6.61 Å². The average molecular weight is 662 g/mol. The van der Waals surface area contributed by atoms with Gasteiger partial charge in [-0.05, 0) is 103 Å². The van der Waals surface area contributed by atoms with Crippen molar-refractivity contribution in [1.82, 2.24) is 4.90 Å². The summed E-state index contributed by atoms with van der Waals surface area (Å²) in [4.78, 5) is 15.5. The summed E-state index contributed by atoms with van der Waals surface area (Å²) in [5.41, 5.74) is 0. The van der Waals surface area contributed by atoms with Crippen LogP contribution in [0.1, 0.15) is 207 Å². The fourth-order valence-electron chi connectivity index (χ4n) is 6.38. The smallest absolute Gasteiger partial charge is 0.308 e. The number of aliphatic hydroxyl groups excluding tert-OH is 1. The van der Waals surface area contributed by atoms with Crippen LogP contribution in [-0.2, 0) is 9.53 Å². The quantitative estimate of drug-likeness (QED) is 0.0406. The molecule has 0 spiro atoms. The SMILES string of the molecule is CCCCC/C=C\C/C=C\CCCCCCCCN(CCCCO)CCCCCOC(=O)C(CCCCCC)CCCCCCCC. The molecule has 0 saturated heterocycles. The number of carbonyl (C=O) groups excluding carboxylic acids is 1. The van der Waals surface area contributed by atoms with Gasteiger partial charge in [0.1, 0.15) is 0 Å². The van der Waals surface area contributed by atoms with E-state index in [2.05, 4.69) is 50.0 Å². The molecule has 0 fully saturated rings. The van der Waals surface area contributed by atoms with Crippen LogP contribution in [0.4, 0.5) is 0 Å². The summed E-state index contributed by atoms with van der Waals surface area (Å²) in [6.45, 7) is 11.0. The van der Waals surface area contributed by atoms with Gasteiger partial charge in [-0.3, -0.25) is 4.79 Å². The summed E-state index contributed by atoms with van der Waals surface area (Å²) >= 11 is 0. The number of nitrogens with zero attached hydrogens (tertiary/aromatic N) is 1. The van der Waals surface area contributed by atoms with E-state index in [1.807, 2.05) is 0 Å². The van der Waals surface area contributed by atoms with Crippen molar-refractivity contribution in [3.05, 3.63) is 24.3 Å². The van der Waals surface area contributed by atoms with E-state index >= 15 is 0 Å². The van der Waals surface area contributed by atoms with E-state index in [4.69, 9.17) is 4.74 Å². The third-order valence-corrected chi connectivity index (χ3v) is 9.57. The molecule has 1 N–H and O–H groups in total. The lowest BCUT2D eigenvalue weighted by Gasteiger charge is -2.22. The zero-order valence-corrected chi connectivity index (χ0v) is 32.1. The summed E-state index contributed by atoms with van der Waals surface area (Å²) in [6.07, 6.45) is 44.7. The van der Waals surface area contributed by atoms with E-state index in [1.165, 1.54) is 135 Å². The third kappa shape index (κ3) is 34.5. The molecule has 0 aromatic heterocycles. The maximum atomic E-state index is 12.9. The Labute approximate surface area is 295 Å². The second-order valence-corrected chi connectivity index (χ2v) is 14.2. The Balaban J connectivity index is 4.10. The maximum Gasteiger partial charge on any atom is 0.308 e. The highest BCUT2D eigenvalue weighted by molar-refractivity contribution is 5.72. The highest BCUT2D eigenvalue weighted by Gasteiger charge is 2.19. The molecular formula is C43H83NO3. The molecule has 47 heavy (non-hydrogen) atoms. The highest BCUT2D eigenvalue weighted by atomic mass is 16.5. The first kappa shape index (κ1) is 45.9. The molecule has 0 heterocycles. The molecule has 0 saturated carbocycles. The lowest BCUT2D eigenvalue weighted by molar-refractivity contribution is -0.149. The van der Waals surface area contributed by atoms with Gasteiger partial charge in [0.05, 0.1) is 12.5 Å². The van der Waals surface area contributed by atoms with Crippen molar-refractivity contribution in [3.63, 3.8) is 0 Å². The van der Waals surface area contributed by atoms with Crippen LogP contribution < -0.4 is 0 Å². The van der Waals surface area contributed by atoms with Crippen molar-refractivity contribution < 1.29 is 14.6 Å². The number of hydrogen-bond donors (Lipinski definition) is 1. The molecule has 278 valence electrons. The van der Waals surface area contributed by atoms with Crippen LogP contribution >= 0.6 is 0 Å². The number of carbonyl (C=O) groups is 1. The van der Waals surface area contributed by atoms with Crippen LogP contribution in [0.25, 0.3) is 0 Å². The normalized spacial score (nSPS) is 12.6. The summed E-state index contributed by atoms with van der Waals surface area (Å²) in [7, 11) is 0. The van der Waals surface area contributed by atoms with Crippen molar-refractivity contribution in [2.75, 3.05) is 32.8 Å². The third-order valence-electron chi connectivity index (χ3n) is 9.57. The number of hydrogen-bond acceptors (Lipinski definition) is 4. The van der Waals surface area contributed by atoms with E-state index in [0.717, 1.165) is 70.9 Å². The number of esters is 1. The average Bonchev–Trinajstić information content (AvgIpc) is 3.08.